The van der Waals surface area contributed by atoms with Gasteiger partial charge in [0.25, 0.3) is 5.91 Å². The van der Waals surface area contributed by atoms with Gasteiger partial charge < -0.3 is 0 Å². The van der Waals surface area contributed by atoms with Crippen molar-refractivity contribution in [1.82, 2.24) is 4.98 Å². The number of aryl methyl sites for hydroxylation is 1. The number of anilines is 1. The number of thioether (sulfide) groups is 1. The normalized spacial score (nSPS) is 11.0. The van der Waals surface area contributed by atoms with E-state index in [4.69, 9.17) is 4.98 Å². The van der Waals surface area contributed by atoms with E-state index in [0.29, 0.717) is 12.1 Å². The molecule has 0 radical (unpaired) electrons. The number of fused-ring (bicyclic) bond motifs is 1. The molecular formula is C25H24N2OS2. The molecule has 0 bridgehead atoms. The summed E-state index contributed by atoms with van der Waals surface area (Å²) >= 11 is 3.35. The number of rotatable bonds is 7. The highest BCUT2D eigenvalue weighted by molar-refractivity contribution is 7.99. The van der Waals surface area contributed by atoms with Gasteiger partial charge in [-0.1, -0.05) is 67.6 Å². The van der Waals surface area contributed by atoms with Crippen LogP contribution in [0.15, 0.2) is 77.7 Å². The predicted molar refractivity (Wildman–Crippen MR) is 129 cm³/mol. The van der Waals surface area contributed by atoms with Gasteiger partial charge in [-0.15, -0.1) is 11.8 Å². The first-order chi connectivity index (χ1) is 14.7. The average Bonchev–Trinajstić information content (AvgIpc) is 3.22. The summed E-state index contributed by atoms with van der Waals surface area (Å²) < 4.78 is 1.12. The lowest BCUT2D eigenvalue weighted by molar-refractivity contribution is 0.0985. The van der Waals surface area contributed by atoms with Gasteiger partial charge in [0.05, 0.1) is 16.8 Å². The molecule has 0 spiro atoms. The molecule has 0 saturated carbocycles. The van der Waals surface area contributed by atoms with Crippen molar-refractivity contribution in [1.29, 1.82) is 0 Å². The molecule has 0 aliphatic heterocycles. The molecule has 0 aliphatic rings. The number of carbonyl (C=O) groups is 1. The van der Waals surface area contributed by atoms with Gasteiger partial charge in [-0.25, -0.2) is 4.98 Å². The van der Waals surface area contributed by atoms with E-state index in [9.17, 15) is 4.79 Å². The summed E-state index contributed by atoms with van der Waals surface area (Å²) in [5, 5.41) is 0.742. The van der Waals surface area contributed by atoms with E-state index in [1.807, 2.05) is 54.6 Å². The Morgan fingerprint density at radius 3 is 2.43 bits per heavy atom. The Bertz CT molecular complexity index is 1140. The molecule has 0 aliphatic carbocycles. The topological polar surface area (TPSA) is 33.2 Å². The van der Waals surface area contributed by atoms with Crippen LogP contribution in [0.2, 0.25) is 0 Å². The molecule has 5 heteroatoms. The first-order valence-corrected chi connectivity index (χ1v) is 12.0. The van der Waals surface area contributed by atoms with Crippen LogP contribution in [0.25, 0.3) is 10.2 Å². The molecule has 152 valence electrons. The average molecular weight is 433 g/mol. The summed E-state index contributed by atoms with van der Waals surface area (Å²) in [4.78, 5) is 21.4. The Labute approximate surface area is 185 Å². The summed E-state index contributed by atoms with van der Waals surface area (Å²) in [6, 6.07) is 24.2. The third-order valence-electron chi connectivity index (χ3n) is 4.94. The van der Waals surface area contributed by atoms with E-state index in [1.54, 1.807) is 28.0 Å². The molecule has 3 aromatic carbocycles. The van der Waals surface area contributed by atoms with Gasteiger partial charge >= 0.3 is 0 Å². The van der Waals surface area contributed by atoms with Gasteiger partial charge in [-0.3, -0.25) is 9.69 Å². The van der Waals surface area contributed by atoms with Crippen LogP contribution in [0.3, 0.4) is 0 Å². The van der Waals surface area contributed by atoms with Crippen LogP contribution in [-0.2, 0) is 13.0 Å². The lowest BCUT2D eigenvalue weighted by atomic mass is 10.1. The van der Waals surface area contributed by atoms with Crippen LogP contribution in [0.1, 0.15) is 35.3 Å². The Morgan fingerprint density at radius 1 is 0.967 bits per heavy atom. The van der Waals surface area contributed by atoms with Crippen molar-refractivity contribution >= 4 is 44.4 Å². The molecule has 30 heavy (non-hydrogen) atoms. The van der Waals surface area contributed by atoms with Crippen molar-refractivity contribution in [3.05, 3.63) is 89.5 Å². The number of aromatic nitrogens is 1. The molecule has 4 aromatic rings. The van der Waals surface area contributed by atoms with E-state index in [-0.39, 0.29) is 5.91 Å². The quantitative estimate of drug-likeness (QED) is 0.301. The highest BCUT2D eigenvalue weighted by atomic mass is 32.2. The molecule has 0 saturated heterocycles. The van der Waals surface area contributed by atoms with Crippen LogP contribution >= 0.6 is 23.1 Å². The van der Waals surface area contributed by atoms with E-state index >= 15 is 0 Å². The first kappa shape index (κ1) is 20.6. The van der Waals surface area contributed by atoms with Gasteiger partial charge in [-0.2, -0.15) is 0 Å². The zero-order valence-electron chi connectivity index (χ0n) is 17.2. The van der Waals surface area contributed by atoms with Crippen molar-refractivity contribution in [2.24, 2.45) is 0 Å². The second-order valence-electron chi connectivity index (χ2n) is 6.95. The Balaban J connectivity index is 1.73. The fraction of sp³-hybridized carbons (Fsp3) is 0.200. The van der Waals surface area contributed by atoms with Crippen molar-refractivity contribution in [3.8, 4) is 0 Å². The number of benzene rings is 3. The summed E-state index contributed by atoms with van der Waals surface area (Å²) in [6.45, 7) is 4.76. The molecule has 0 fully saturated rings. The van der Waals surface area contributed by atoms with Gasteiger partial charge in [0.15, 0.2) is 5.13 Å². The van der Waals surface area contributed by atoms with E-state index in [1.165, 1.54) is 10.5 Å². The van der Waals surface area contributed by atoms with Crippen molar-refractivity contribution in [2.45, 2.75) is 31.7 Å². The highest BCUT2D eigenvalue weighted by Crippen LogP contribution is 2.33. The molecule has 0 N–H and O–H groups in total. The van der Waals surface area contributed by atoms with Crippen LogP contribution in [-0.4, -0.2) is 16.6 Å². The minimum Gasteiger partial charge on any atom is -0.279 e. The highest BCUT2D eigenvalue weighted by Gasteiger charge is 2.22. The lowest BCUT2D eigenvalue weighted by Crippen LogP contribution is -2.30. The maximum absolute atomic E-state index is 13.5. The Morgan fingerprint density at radius 2 is 1.73 bits per heavy atom. The minimum atomic E-state index is -0.0241. The summed E-state index contributed by atoms with van der Waals surface area (Å²) in [5.74, 6) is 0.989. The number of nitrogens with zero attached hydrogens (tertiary/aromatic N) is 2. The summed E-state index contributed by atoms with van der Waals surface area (Å²) in [6.07, 6.45) is 0.920. The monoisotopic (exact) mass is 432 g/mol. The number of carbonyl (C=O) groups excluding carboxylic acids is 1. The number of thiazole rings is 1. The molecule has 1 aromatic heterocycles. The van der Waals surface area contributed by atoms with E-state index in [2.05, 4.69) is 32.0 Å². The van der Waals surface area contributed by atoms with Crippen LogP contribution in [0.4, 0.5) is 5.13 Å². The number of hydrogen-bond donors (Lipinski definition) is 0. The fourth-order valence-corrected chi connectivity index (χ4v) is 5.08. The van der Waals surface area contributed by atoms with Crippen molar-refractivity contribution in [2.75, 3.05) is 10.7 Å². The second-order valence-corrected chi connectivity index (χ2v) is 9.29. The zero-order valence-corrected chi connectivity index (χ0v) is 18.8. The third-order valence-corrected chi connectivity index (χ3v) is 6.88. The number of amides is 1. The van der Waals surface area contributed by atoms with Crippen LogP contribution in [0.5, 0.6) is 0 Å². The fourth-order valence-electron chi connectivity index (χ4n) is 3.40. The largest absolute Gasteiger partial charge is 0.279 e. The first-order valence-electron chi connectivity index (χ1n) is 10.2. The molecular weight excluding hydrogens is 408 g/mol. The molecule has 0 atom stereocenters. The van der Waals surface area contributed by atoms with E-state index in [0.717, 1.165) is 33.1 Å². The van der Waals surface area contributed by atoms with Gasteiger partial charge in [0.1, 0.15) is 0 Å². The molecule has 0 unspecified atom stereocenters. The Hall–Kier alpha value is -2.63. The second kappa shape index (κ2) is 9.45. The predicted octanol–water partition coefficient (Wildman–Crippen LogP) is 6.82. The van der Waals surface area contributed by atoms with Crippen LogP contribution < -0.4 is 4.90 Å². The van der Waals surface area contributed by atoms with Crippen molar-refractivity contribution < 1.29 is 4.79 Å². The van der Waals surface area contributed by atoms with E-state index < -0.39 is 0 Å². The zero-order chi connectivity index (χ0) is 20.9. The summed E-state index contributed by atoms with van der Waals surface area (Å²) in [7, 11) is 0. The van der Waals surface area contributed by atoms with Crippen molar-refractivity contribution in [3.63, 3.8) is 0 Å². The third kappa shape index (κ3) is 4.42. The summed E-state index contributed by atoms with van der Waals surface area (Å²) in [5.41, 5.74) is 3.98. The van der Waals surface area contributed by atoms with Gasteiger partial charge in [0, 0.05) is 10.5 Å². The maximum atomic E-state index is 13.5. The molecule has 4 rings (SSSR count). The molecule has 1 heterocycles. The van der Waals surface area contributed by atoms with Gasteiger partial charge in [-0.05, 0) is 53.6 Å². The van der Waals surface area contributed by atoms with Crippen LogP contribution in [0, 0.1) is 0 Å². The lowest BCUT2D eigenvalue weighted by Gasteiger charge is -2.20. The Kier molecular flexibility index (Phi) is 6.50. The maximum Gasteiger partial charge on any atom is 0.260 e. The standard InChI is InChI=1S/C25H24N2OS2/c1-3-19-11-8-12-22-23(19)26-25(30-22)27(17-18-9-6-5-7-10-18)24(28)20-13-15-21(16-14-20)29-4-2/h5-16H,3-4,17H2,1-2H3. The SMILES string of the molecule is CCSc1ccc(C(=O)N(Cc2ccccc2)c2nc3c(CC)cccc3s2)cc1. The minimum absolute atomic E-state index is 0.0241. The molecule has 1 amide bonds. The number of para-hydroxylation sites is 1. The van der Waals surface area contributed by atoms with Gasteiger partial charge in [0.2, 0.25) is 0 Å². The smallest absolute Gasteiger partial charge is 0.260 e. The number of hydrogen-bond acceptors (Lipinski definition) is 4. The molecule has 3 nitrogen and oxygen atoms in total.